The van der Waals surface area contributed by atoms with Gasteiger partial charge in [-0.15, -0.1) is 0 Å². The van der Waals surface area contributed by atoms with Crippen molar-refractivity contribution in [2.45, 2.75) is 32.4 Å². The number of ether oxygens (including phenoxy) is 1. The number of hydrogen-bond acceptors (Lipinski definition) is 9. The van der Waals surface area contributed by atoms with Gasteiger partial charge in [-0.05, 0) is 38.0 Å². The number of benzene rings is 1. The van der Waals surface area contributed by atoms with E-state index >= 15 is 0 Å². The third-order valence-electron chi connectivity index (χ3n) is 5.38. The standard InChI is InChI=1S/C22H27N6O5P/c1-14(2)32-19(29)10-27-34(30,33-17-7-5-4-6-8-17)31-11-16-9-18(15(16)3)28-13-26-20-21(23)24-12-25-22(20)28/h4-8,12-14,16,18H,3,9-11H2,1-2H3,(H,27,30)(H2,23,24,25). The molecule has 3 aromatic rings. The van der Waals surface area contributed by atoms with Gasteiger partial charge in [-0.1, -0.05) is 24.8 Å². The van der Waals surface area contributed by atoms with Crippen molar-refractivity contribution < 1.29 is 23.1 Å². The minimum absolute atomic E-state index is 0.0451. The largest absolute Gasteiger partial charge is 0.462 e. The predicted molar refractivity (Wildman–Crippen MR) is 126 cm³/mol. The van der Waals surface area contributed by atoms with E-state index in [1.807, 2.05) is 10.6 Å². The summed E-state index contributed by atoms with van der Waals surface area (Å²) in [7, 11) is -3.87. The maximum absolute atomic E-state index is 13.4. The van der Waals surface area contributed by atoms with Gasteiger partial charge in [-0.3, -0.25) is 9.32 Å². The number of para-hydroxylation sites is 1. The van der Waals surface area contributed by atoms with Crippen LogP contribution in [0.1, 0.15) is 26.3 Å². The highest BCUT2D eigenvalue weighted by molar-refractivity contribution is 7.52. The van der Waals surface area contributed by atoms with Gasteiger partial charge in [0.1, 0.15) is 24.1 Å². The molecular weight excluding hydrogens is 459 g/mol. The van der Waals surface area contributed by atoms with Crippen LogP contribution in [-0.4, -0.2) is 44.7 Å². The topological polar surface area (TPSA) is 143 Å². The minimum Gasteiger partial charge on any atom is -0.462 e. The van der Waals surface area contributed by atoms with E-state index in [0.29, 0.717) is 29.2 Å². The molecule has 1 saturated carbocycles. The van der Waals surface area contributed by atoms with Gasteiger partial charge < -0.3 is 19.6 Å². The Kier molecular flexibility index (Phi) is 6.97. The second kappa shape index (κ2) is 9.92. The van der Waals surface area contributed by atoms with E-state index < -0.39 is 13.7 Å². The Bertz CT molecular complexity index is 1230. The van der Waals surface area contributed by atoms with Crippen LogP contribution < -0.4 is 15.3 Å². The zero-order chi connectivity index (χ0) is 24.3. The van der Waals surface area contributed by atoms with Crippen LogP contribution in [0.15, 0.2) is 55.1 Å². The molecule has 2 heterocycles. The molecule has 3 N–H and O–H groups in total. The number of esters is 1. The van der Waals surface area contributed by atoms with Crippen molar-refractivity contribution in [1.82, 2.24) is 24.6 Å². The SMILES string of the molecule is C=C1C(COP(=O)(NCC(=O)OC(C)C)Oc2ccccc2)CC1n1cnc2c(N)ncnc21. The van der Waals surface area contributed by atoms with Crippen molar-refractivity contribution in [3.63, 3.8) is 0 Å². The van der Waals surface area contributed by atoms with Crippen molar-refractivity contribution in [3.8, 4) is 5.75 Å². The Balaban J connectivity index is 1.40. The molecule has 1 aliphatic rings. The molecule has 0 bridgehead atoms. The van der Waals surface area contributed by atoms with Gasteiger partial charge in [0, 0.05) is 5.92 Å². The fourth-order valence-corrected chi connectivity index (χ4v) is 4.93. The highest BCUT2D eigenvalue weighted by atomic mass is 31.2. The number of carbonyl (C=O) groups excluding carboxylic acids is 1. The van der Waals surface area contributed by atoms with Crippen molar-refractivity contribution in [3.05, 3.63) is 55.1 Å². The summed E-state index contributed by atoms with van der Waals surface area (Å²) in [6.45, 7) is 7.41. The van der Waals surface area contributed by atoms with Gasteiger partial charge >= 0.3 is 13.7 Å². The number of imidazole rings is 1. The summed E-state index contributed by atoms with van der Waals surface area (Å²) in [5.41, 5.74) is 7.91. The summed E-state index contributed by atoms with van der Waals surface area (Å²) in [4.78, 5) is 24.5. The third-order valence-corrected chi connectivity index (χ3v) is 6.87. The first kappa shape index (κ1) is 23.9. The molecule has 1 aliphatic carbocycles. The number of nitrogens with zero attached hydrogens (tertiary/aromatic N) is 4. The lowest BCUT2D eigenvalue weighted by atomic mass is 9.76. The number of anilines is 1. The number of aromatic nitrogens is 4. The highest BCUT2D eigenvalue weighted by Gasteiger charge is 2.39. The molecule has 0 spiro atoms. The Labute approximate surface area is 196 Å². The number of nitrogens with one attached hydrogen (secondary N) is 1. The van der Waals surface area contributed by atoms with Crippen LogP contribution >= 0.6 is 7.75 Å². The lowest BCUT2D eigenvalue weighted by Crippen LogP contribution is -2.34. The van der Waals surface area contributed by atoms with Crippen LogP contribution in [-0.2, 0) is 18.6 Å². The van der Waals surface area contributed by atoms with Gasteiger partial charge in [0.15, 0.2) is 11.5 Å². The molecule has 0 amide bonds. The second-order valence-electron chi connectivity index (χ2n) is 8.18. The zero-order valence-electron chi connectivity index (χ0n) is 19.0. The zero-order valence-corrected chi connectivity index (χ0v) is 19.9. The summed E-state index contributed by atoms with van der Waals surface area (Å²) in [5.74, 6) is 0.0354. The molecule has 34 heavy (non-hydrogen) atoms. The molecular formula is C22H27N6O5P. The van der Waals surface area contributed by atoms with Gasteiger partial charge in [-0.25, -0.2) is 24.6 Å². The third kappa shape index (κ3) is 5.27. The molecule has 1 fully saturated rings. The van der Waals surface area contributed by atoms with Crippen LogP contribution in [0, 0.1) is 5.92 Å². The molecule has 0 radical (unpaired) electrons. The average Bonchev–Trinajstić information content (AvgIpc) is 3.22. The Morgan fingerprint density at radius 1 is 1.29 bits per heavy atom. The van der Waals surface area contributed by atoms with Crippen LogP contribution in [0.5, 0.6) is 5.75 Å². The highest BCUT2D eigenvalue weighted by Crippen LogP contribution is 2.49. The smallest absolute Gasteiger partial charge is 0.459 e. The molecule has 0 aliphatic heterocycles. The maximum Gasteiger partial charge on any atom is 0.459 e. The summed E-state index contributed by atoms with van der Waals surface area (Å²) in [5, 5.41) is 2.60. The first-order valence-corrected chi connectivity index (χ1v) is 12.4. The average molecular weight is 486 g/mol. The van der Waals surface area contributed by atoms with Crippen LogP contribution in [0.3, 0.4) is 0 Å². The van der Waals surface area contributed by atoms with E-state index in [1.165, 1.54) is 6.33 Å². The van der Waals surface area contributed by atoms with Crippen molar-refractivity contribution in [1.29, 1.82) is 0 Å². The first-order valence-electron chi connectivity index (χ1n) is 10.8. The fraction of sp³-hybridized carbons (Fsp3) is 0.364. The van der Waals surface area contributed by atoms with Crippen LogP contribution in [0.4, 0.5) is 5.82 Å². The van der Waals surface area contributed by atoms with E-state index in [0.717, 1.165) is 5.57 Å². The molecule has 3 unspecified atom stereocenters. The number of hydrogen-bond donors (Lipinski definition) is 2. The van der Waals surface area contributed by atoms with Gasteiger partial charge in [0.2, 0.25) is 0 Å². The molecule has 1 aromatic carbocycles. The molecule has 0 saturated heterocycles. The molecule has 3 atom stereocenters. The van der Waals surface area contributed by atoms with Gasteiger partial charge in [0.05, 0.1) is 25.1 Å². The van der Waals surface area contributed by atoms with Crippen LogP contribution in [0.25, 0.3) is 11.2 Å². The molecule has 4 rings (SSSR count). The molecule has 12 heteroatoms. The van der Waals surface area contributed by atoms with E-state index in [4.69, 9.17) is 19.5 Å². The van der Waals surface area contributed by atoms with E-state index in [9.17, 15) is 9.36 Å². The normalized spacial score (nSPS) is 19.6. The summed E-state index contributed by atoms with van der Waals surface area (Å²) >= 11 is 0. The Morgan fingerprint density at radius 2 is 2.06 bits per heavy atom. The first-order chi connectivity index (χ1) is 16.3. The quantitative estimate of drug-likeness (QED) is 0.249. The van der Waals surface area contributed by atoms with Gasteiger partial charge in [0.25, 0.3) is 0 Å². The van der Waals surface area contributed by atoms with E-state index in [-0.39, 0.29) is 31.2 Å². The summed E-state index contributed by atoms with van der Waals surface area (Å²) in [6, 6.07) is 8.56. The Hall–Kier alpha value is -3.27. The fourth-order valence-electron chi connectivity index (χ4n) is 3.63. The summed E-state index contributed by atoms with van der Waals surface area (Å²) < 4.78 is 31.7. The second-order valence-corrected chi connectivity index (χ2v) is 9.93. The maximum atomic E-state index is 13.4. The molecule has 180 valence electrons. The van der Waals surface area contributed by atoms with Crippen molar-refractivity contribution >= 4 is 30.7 Å². The van der Waals surface area contributed by atoms with Crippen LogP contribution in [0.2, 0.25) is 0 Å². The predicted octanol–water partition coefficient (Wildman–Crippen LogP) is 3.27. The Morgan fingerprint density at radius 3 is 2.76 bits per heavy atom. The lowest BCUT2D eigenvalue weighted by molar-refractivity contribution is -0.145. The minimum atomic E-state index is -3.87. The number of nitrogen functional groups attached to an aromatic ring is 1. The van der Waals surface area contributed by atoms with Crippen molar-refractivity contribution in [2.75, 3.05) is 18.9 Å². The summed E-state index contributed by atoms with van der Waals surface area (Å²) in [6.07, 6.45) is 3.44. The van der Waals surface area contributed by atoms with Gasteiger partial charge in [-0.2, -0.15) is 0 Å². The lowest BCUT2D eigenvalue weighted by Gasteiger charge is -2.39. The number of carbonyl (C=O) groups is 1. The molecule has 11 nitrogen and oxygen atoms in total. The number of fused-ring (bicyclic) bond motifs is 1. The van der Waals surface area contributed by atoms with Crippen molar-refractivity contribution in [2.24, 2.45) is 5.92 Å². The van der Waals surface area contributed by atoms with E-state index in [1.54, 1.807) is 44.4 Å². The number of rotatable bonds is 10. The van der Waals surface area contributed by atoms with E-state index in [2.05, 4.69) is 26.6 Å². The number of nitrogens with two attached hydrogens (primary N) is 1. The monoisotopic (exact) mass is 486 g/mol. The molecule has 2 aromatic heterocycles.